The first-order chi connectivity index (χ1) is 7.54. The molecule has 0 fully saturated rings. The van der Waals surface area contributed by atoms with Crippen molar-refractivity contribution in [3.8, 4) is 0 Å². The molecule has 0 heteroatoms. The van der Waals surface area contributed by atoms with E-state index in [1.54, 1.807) is 0 Å². The van der Waals surface area contributed by atoms with Crippen LogP contribution in [0.4, 0.5) is 0 Å². The molecule has 0 spiro atoms. The number of rotatable bonds is 1. The van der Waals surface area contributed by atoms with Gasteiger partial charge in [-0.25, -0.2) is 0 Å². The molecule has 1 aromatic rings. The summed E-state index contributed by atoms with van der Waals surface area (Å²) >= 11 is 0. The first-order valence-electron chi connectivity index (χ1n) is 6.02. The van der Waals surface area contributed by atoms with Crippen molar-refractivity contribution in [1.29, 1.82) is 0 Å². The number of hydrogen-bond donors (Lipinski definition) is 0. The molecule has 0 amide bonds. The Bertz CT molecular complexity index is 441. The van der Waals surface area contributed by atoms with Crippen LogP contribution in [0.2, 0.25) is 0 Å². The van der Waals surface area contributed by atoms with Gasteiger partial charge in [-0.3, -0.25) is 0 Å². The lowest BCUT2D eigenvalue weighted by atomic mass is 9.87. The number of benzene rings is 1. The van der Waals surface area contributed by atoms with E-state index in [4.69, 9.17) is 0 Å². The van der Waals surface area contributed by atoms with Gasteiger partial charge in [0.25, 0.3) is 0 Å². The van der Waals surface area contributed by atoms with E-state index in [2.05, 4.69) is 58.0 Å². The Balaban J connectivity index is 2.41. The van der Waals surface area contributed by atoms with Gasteiger partial charge < -0.3 is 0 Å². The van der Waals surface area contributed by atoms with Gasteiger partial charge >= 0.3 is 0 Å². The second-order valence-electron chi connectivity index (χ2n) is 5.14. The van der Waals surface area contributed by atoms with Crippen molar-refractivity contribution in [3.05, 3.63) is 52.6 Å². The van der Waals surface area contributed by atoms with Crippen molar-refractivity contribution in [1.82, 2.24) is 0 Å². The third-order valence-corrected chi connectivity index (χ3v) is 3.08. The van der Waals surface area contributed by atoms with Gasteiger partial charge in [-0.15, -0.1) is 0 Å². The Morgan fingerprint density at radius 2 is 1.62 bits per heavy atom. The van der Waals surface area contributed by atoms with Gasteiger partial charge in [-0.2, -0.15) is 0 Å². The summed E-state index contributed by atoms with van der Waals surface area (Å²) in [5.41, 5.74) is 7.00. The largest absolute Gasteiger partial charge is 0.0784 e. The molecule has 2 rings (SSSR count). The third kappa shape index (κ3) is 2.44. The zero-order chi connectivity index (χ0) is 11.7. The standard InChI is InChI=1S/C16H20/c1-11-5-12(2)8-15(7-11)16-9-13(3)6-14(4)10-16/h5-9,14H,10H2,1-4H3. The normalized spacial score (nSPS) is 20.4. The monoisotopic (exact) mass is 212 g/mol. The minimum absolute atomic E-state index is 0.667. The van der Waals surface area contributed by atoms with Crippen LogP contribution in [0.1, 0.15) is 37.0 Å². The molecular weight excluding hydrogens is 192 g/mol. The van der Waals surface area contributed by atoms with Crippen LogP contribution in [-0.2, 0) is 0 Å². The molecule has 0 aliphatic heterocycles. The molecule has 1 unspecified atom stereocenters. The first kappa shape index (κ1) is 11.2. The maximum Gasteiger partial charge on any atom is -0.0212 e. The minimum atomic E-state index is 0.667. The van der Waals surface area contributed by atoms with Crippen LogP contribution in [0.25, 0.3) is 5.57 Å². The molecule has 0 saturated carbocycles. The van der Waals surface area contributed by atoms with E-state index in [1.807, 2.05) is 0 Å². The van der Waals surface area contributed by atoms with E-state index >= 15 is 0 Å². The molecule has 0 saturated heterocycles. The van der Waals surface area contributed by atoms with Crippen molar-refractivity contribution in [3.63, 3.8) is 0 Å². The topological polar surface area (TPSA) is 0 Å². The van der Waals surface area contributed by atoms with E-state index in [9.17, 15) is 0 Å². The molecule has 0 aromatic heterocycles. The summed E-state index contributed by atoms with van der Waals surface area (Å²) in [6, 6.07) is 6.83. The Labute approximate surface area is 98.7 Å². The van der Waals surface area contributed by atoms with Crippen LogP contribution in [-0.4, -0.2) is 0 Å². The number of allylic oxidation sites excluding steroid dienone is 4. The summed E-state index contributed by atoms with van der Waals surface area (Å²) in [6.45, 7) is 8.83. The summed E-state index contributed by atoms with van der Waals surface area (Å²) in [5.74, 6) is 0.667. The van der Waals surface area contributed by atoms with Gasteiger partial charge in [0.15, 0.2) is 0 Å². The fourth-order valence-corrected chi connectivity index (χ4v) is 2.60. The lowest BCUT2D eigenvalue weighted by Gasteiger charge is -2.18. The molecule has 1 aromatic carbocycles. The van der Waals surface area contributed by atoms with E-state index in [-0.39, 0.29) is 0 Å². The summed E-state index contributed by atoms with van der Waals surface area (Å²) in [5, 5.41) is 0. The summed E-state index contributed by atoms with van der Waals surface area (Å²) in [7, 11) is 0. The molecule has 1 aliphatic rings. The smallest absolute Gasteiger partial charge is 0.0212 e. The lowest BCUT2D eigenvalue weighted by Crippen LogP contribution is -2.00. The Kier molecular flexibility index (Phi) is 3.00. The predicted molar refractivity (Wildman–Crippen MR) is 71.4 cm³/mol. The van der Waals surface area contributed by atoms with Crippen molar-refractivity contribution in [2.24, 2.45) is 5.92 Å². The van der Waals surface area contributed by atoms with Gasteiger partial charge in [0.05, 0.1) is 0 Å². The van der Waals surface area contributed by atoms with Gasteiger partial charge in [0, 0.05) is 0 Å². The van der Waals surface area contributed by atoms with E-state index in [0.717, 1.165) is 0 Å². The third-order valence-electron chi connectivity index (χ3n) is 3.08. The quantitative estimate of drug-likeness (QED) is 0.634. The zero-order valence-corrected chi connectivity index (χ0v) is 10.7. The average molecular weight is 212 g/mol. The molecule has 84 valence electrons. The SMILES string of the molecule is CC1=CC(C)CC(c2cc(C)cc(C)c2)=C1. The van der Waals surface area contributed by atoms with Gasteiger partial charge in [0.1, 0.15) is 0 Å². The fourth-order valence-electron chi connectivity index (χ4n) is 2.60. The van der Waals surface area contributed by atoms with Crippen molar-refractivity contribution < 1.29 is 0 Å². The summed E-state index contributed by atoms with van der Waals surface area (Å²) < 4.78 is 0. The minimum Gasteiger partial charge on any atom is -0.0784 e. The highest BCUT2D eigenvalue weighted by atomic mass is 14.2. The highest BCUT2D eigenvalue weighted by Gasteiger charge is 2.11. The maximum absolute atomic E-state index is 2.35. The van der Waals surface area contributed by atoms with Crippen molar-refractivity contribution in [2.75, 3.05) is 0 Å². The summed E-state index contributed by atoms with van der Waals surface area (Å²) in [4.78, 5) is 0. The first-order valence-corrected chi connectivity index (χ1v) is 6.02. The molecule has 0 nitrogen and oxygen atoms in total. The average Bonchev–Trinajstić information content (AvgIpc) is 2.14. The Morgan fingerprint density at radius 3 is 2.19 bits per heavy atom. The van der Waals surface area contributed by atoms with E-state index < -0.39 is 0 Å². The molecule has 0 bridgehead atoms. The van der Waals surface area contributed by atoms with Crippen molar-refractivity contribution in [2.45, 2.75) is 34.1 Å². The molecule has 1 aliphatic carbocycles. The lowest BCUT2D eigenvalue weighted by molar-refractivity contribution is 0.741. The molecular formula is C16H20. The van der Waals surface area contributed by atoms with Crippen LogP contribution in [0.3, 0.4) is 0 Å². The Hall–Kier alpha value is -1.30. The number of hydrogen-bond acceptors (Lipinski definition) is 0. The molecule has 1 atom stereocenters. The van der Waals surface area contributed by atoms with Crippen LogP contribution < -0.4 is 0 Å². The zero-order valence-electron chi connectivity index (χ0n) is 10.7. The molecule has 0 N–H and O–H groups in total. The Morgan fingerprint density at radius 1 is 1.00 bits per heavy atom. The van der Waals surface area contributed by atoms with Crippen LogP contribution in [0.15, 0.2) is 35.9 Å². The second-order valence-corrected chi connectivity index (χ2v) is 5.14. The van der Waals surface area contributed by atoms with Crippen LogP contribution in [0.5, 0.6) is 0 Å². The second kappa shape index (κ2) is 4.29. The predicted octanol–water partition coefficient (Wildman–Crippen LogP) is 4.67. The highest BCUT2D eigenvalue weighted by molar-refractivity contribution is 5.70. The van der Waals surface area contributed by atoms with Crippen LogP contribution in [0, 0.1) is 19.8 Å². The van der Waals surface area contributed by atoms with Crippen molar-refractivity contribution >= 4 is 5.57 Å². The van der Waals surface area contributed by atoms with Gasteiger partial charge in [0.2, 0.25) is 0 Å². The summed E-state index contributed by atoms with van der Waals surface area (Å²) in [6.07, 6.45) is 5.85. The van der Waals surface area contributed by atoms with E-state index in [0.29, 0.717) is 5.92 Å². The van der Waals surface area contributed by atoms with Gasteiger partial charge in [-0.05, 0) is 44.2 Å². The van der Waals surface area contributed by atoms with E-state index in [1.165, 1.54) is 34.3 Å². The maximum atomic E-state index is 2.35. The van der Waals surface area contributed by atoms with Crippen LogP contribution >= 0.6 is 0 Å². The molecule has 16 heavy (non-hydrogen) atoms. The highest BCUT2D eigenvalue weighted by Crippen LogP contribution is 2.30. The molecule has 0 heterocycles. The fraction of sp³-hybridized carbons (Fsp3) is 0.375. The van der Waals surface area contributed by atoms with Gasteiger partial charge in [-0.1, -0.05) is 54.0 Å². The number of aryl methyl sites for hydroxylation is 2. The molecule has 0 radical (unpaired) electrons.